The van der Waals surface area contributed by atoms with E-state index in [1.165, 1.54) is 18.3 Å². The molecule has 2 aromatic rings. The number of H-pyrrole nitrogens is 1. The predicted molar refractivity (Wildman–Crippen MR) is 85.5 cm³/mol. The summed E-state index contributed by atoms with van der Waals surface area (Å²) < 4.78 is 4.80. The van der Waals surface area contributed by atoms with Crippen molar-refractivity contribution in [3.05, 3.63) is 69.1 Å². The lowest BCUT2D eigenvalue weighted by atomic mass is 10.1. The number of ether oxygens (including phenoxy) is 1. The molecule has 0 aliphatic heterocycles. The number of carbonyl (C=O) groups is 2. The van der Waals surface area contributed by atoms with Crippen LogP contribution in [0.2, 0.25) is 5.02 Å². The highest BCUT2D eigenvalue weighted by atomic mass is 35.5. The zero-order valence-corrected chi connectivity index (χ0v) is 12.9. The minimum absolute atomic E-state index is 0.138. The smallest absolute Gasteiger partial charge is 0.344 e. The fourth-order valence-corrected chi connectivity index (χ4v) is 1.97. The summed E-state index contributed by atoms with van der Waals surface area (Å²) in [6.45, 7) is -0.0300. The standard InChI is InChI=1S/C16H15ClN2O4/c17-12-5-3-11(4-6-12)7-9-18-14(20)10-23-16(22)13-2-1-8-19-15(13)21/h1-6,8H,7,9-10H2,(H,18,20)(H,19,21). The molecule has 0 aliphatic rings. The van der Waals surface area contributed by atoms with E-state index in [1.807, 2.05) is 12.1 Å². The quantitative estimate of drug-likeness (QED) is 0.784. The number of rotatable bonds is 6. The molecule has 6 nitrogen and oxygen atoms in total. The van der Waals surface area contributed by atoms with Crippen LogP contribution < -0.4 is 10.9 Å². The zero-order valence-electron chi connectivity index (χ0n) is 12.2. The van der Waals surface area contributed by atoms with Crippen molar-refractivity contribution in [3.8, 4) is 0 Å². The van der Waals surface area contributed by atoms with Gasteiger partial charge in [-0.2, -0.15) is 0 Å². The average Bonchev–Trinajstić information content (AvgIpc) is 2.55. The molecule has 0 unspecified atom stereocenters. The van der Waals surface area contributed by atoms with E-state index in [0.717, 1.165) is 5.56 Å². The maximum absolute atomic E-state index is 11.7. The van der Waals surface area contributed by atoms with Crippen molar-refractivity contribution >= 4 is 23.5 Å². The fourth-order valence-electron chi connectivity index (χ4n) is 1.84. The Morgan fingerprint density at radius 3 is 2.61 bits per heavy atom. The van der Waals surface area contributed by atoms with Gasteiger partial charge in [0, 0.05) is 17.8 Å². The van der Waals surface area contributed by atoms with Gasteiger partial charge in [-0.1, -0.05) is 23.7 Å². The van der Waals surface area contributed by atoms with E-state index in [0.29, 0.717) is 18.0 Å². The molecule has 120 valence electrons. The van der Waals surface area contributed by atoms with Gasteiger partial charge < -0.3 is 15.0 Å². The van der Waals surface area contributed by atoms with Gasteiger partial charge in [-0.25, -0.2) is 4.79 Å². The Bertz CT molecular complexity index is 740. The fraction of sp³-hybridized carbons (Fsp3) is 0.188. The van der Waals surface area contributed by atoms with E-state index < -0.39 is 24.0 Å². The first-order valence-corrected chi connectivity index (χ1v) is 7.30. The molecule has 0 atom stereocenters. The molecule has 2 N–H and O–H groups in total. The summed E-state index contributed by atoms with van der Waals surface area (Å²) >= 11 is 5.79. The van der Waals surface area contributed by atoms with Crippen molar-refractivity contribution < 1.29 is 14.3 Å². The highest BCUT2D eigenvalue weighted by Gasteiger charge is 2.13. The van der Waals surface area contributed by atoms with Crippen LogP contribution >= 0.6 is 11.6 Å². The first-order chi connectivity index (χ1) is 11.1. The number of hydrogen-bond donors (Lipinski definition) is 2. The molecular formula is C16H15ClN2O4. The van der Waals surface area contributed by atoms with Crippen LogP contribution in [0.5, 0.6) is 0 Å². The number of nitrogens with one attached hydrogen (secondary N) is 2. The van der Waals surface area contributed by atoms with Gasteiger partial charge in [-0.15, -0.1) is 0 Å². The molecular weight excluding hydrogens is 320 g/mol. The summed E-state index contributed by atoms with van der Waals surface area (Å²) in [5.41, 5.74) is 0.338. The number of pyridine rings is 1. The van der Waals surface area contributed by atoms with Gasteiger partial charge in [0.15, 0.2) is 6.61 Å². The van der Waals surface area contributed by atoms with Crippen LogP contribution in [-0.2, 0) is 16.0 Å². The Labute approximate surface area is 137 Å². The van der Waals surface area contributed by atoms with Crippen molar-refractivity contribution in [2.24, 2.45) is 0 Å². The molecule has 7 heteroatoms. The summed E-state index contributed by atoms with van der Waals surface area (Å²) in [6, 6.07) is 10.1. The summed E-state index contributed by atoms with van der Waals surface area (Å²) in [5.74, 6) is -1.26. The summed E-state index contributed by atoms with van der Waals surface area (Å²) in [5, 5.41) is 3.29. The Balaban J connectivity index is 1.73. The number of amides is 1. The van der Waals surface area contributed by atoms with Crippen LogP contribution in [-0.4, -0.2) is 30.0 Å². The molecule has 23 heavy (non-hydrogen) atoms. The molecule has 0 bridgehead atoms. The summed E-state index contributed by atoms with van der Waals surface area (Å²) in [7, 11) is 0. The Hall–Kier alpha value is -2.60. The lowest BCUT2D eigenvalue weighted by Crippen LogP contribution is -2.31. The third-order valence-electron chi connectivity index (χ3n) is 3.02. The van der Waals surface area contributed by atoms with E-state index in [-0.39, 0.29) is 5.56 Å². The molecule has 1 heterocycles. The van der Waals surface area contributed by atoms with E-state index in [4.69, 9.17) is 16.3 Å². The SMILES string of the molecule is O=C(COC(=O)c1ccc[nH]c1=O)NCCc1ccc(Cl)cc1. The number of carbonyl (C=O) groups excluding carboxylic acids is 2. The second-order valence-corrected chi connectivity index (χ2v) is 5.15. The van der Waals surface area contributed by atoms with Crippen molar-refractivity contribution in [1.29, 1.82) is 0 Å². The molecule has 0 radical (unpaired) electrons. The van der Waals surface area contributed by atoms with E-state index in [2.05, 4.69) is 10.3 Å². The molecule has 0 fully saturated rings. The number of benzene rings is 1. The lowest BCUT2D eigenvalue weighted by Gasteiger charge is -2.06. The Morgan fingerprint density at radius 1 is 1.17 bits per heavy atom. The van der Waals surface area contributed by atoms with Gasteiger partial charge in [0.2, 0.25) is 0 Å². The topological polar surface area (TPSA) is 88.3 Å². The largest absolute Gasteiger partial charge is 0.452 e. The number of hydrogen-bond acceptors (Lipinski definition) is 4. The number of aromatic amines is 1. The second-order valence-electron chi connectivity index (χ2n) is 4.72. The average molecular weight is 335 g/mol. The van der Waals surface area contributed by atoms with E-state index in [1.54, 1.807) is 12.1 Å². The lowest BCUT2D eigenvalue weighted by molar-refractivity contribution is -0.124. The molecule has 1 aromatic heterocycles. The van der Waals surface area contributed by atoms with E-state index >= 15 is 0 Å². The molecule has 2 rings (SSSR count). The third kappa shape index (κ3) is 5.27. The van der Waals surface area contributed by atoms with Crippen LogP contribution in [0.4, 0.5) is 0 Å². The predicted octanol–water partition coefficient (Wildman–Crippen LogP) is 1.54. The molecule has 0 aliphatic carbocycles. The summed E-state index contributed by atoms with van der Waals surface area (Å²) in [6.07, 6.45) is 2.04. The minimum Gasteiger partial charge on any atom is -0.452 e. The van der Waals surface area contributed by atoms with Crippen molar-refractivity contribution in [2.75, 3.05) is 13.2 Å². The molecule has 0 saturated heterocycles. The zero-order chi connectivity index (χ0) is 16.7. The van der Waals surface area contributed by atoms with Crippen molar-refractivity contribution in [1.82, 2.24) is 10.3 Å². The van der Waals surface area contributed by atoms with Crippen molar-refractivity contribution in [2.45, 2.75) is 6.42 Å². The normalized spacial score (nSPS) is 10.1. The van der Waals surface area contributed by atoms with Crippen LogP contribution in [0.1, 0.15) is 15.9 Å². The Kier molecular flexibility index (Phi) is 5.94. The summed E-state index contributed by atoms with van der Waals surface area (Å²) in [4.78, 5) is 37.0. The first kappa shape index (κ1) is 16.8. The number of aromatic nitrogens is 1. The maximum atomic E-state index is 11.7. The Morgan fingerprint density at radius 2 is 1.91 bits per heavy atom. The van der Waals surface area contributed by atoms with Crippen LogP contribution in [0.3, 0.4) is 0 Å². The second kappa shape index (κ2) is 8.14. The molecule has 0 saturated carbocycles. The van der Waals surface area contributed by atoms with Crippen LogP contribution in [0.25, 0.3) is 0 Å². The van der Waals surface area contributed by atoms with Gasteiger partial charge in [-0.3, -0.25) is 9.59 Å². The van der Waals surface area contributed by atoms with Gasteiger partial charge in [-0.05, 0) is 36.2 Å². The monoisotopic (exact) mass is 334 g/mol. The van der Waals surface area contributed by atoms with Crippen molar-refractivity contribution in [3.63, 3.8) is 0 Å². The first-order valence-electron chi connectivity index (χ1n) is 6.92. The van der Waals surface area contributed by atoms with Gasteiger partial charge >= 0.3 is 5.97 Å². The highest BCUT2D eigenvalue weighted by molar-refractivity contribution is 6.30. The van der Waals surface area contributed by atoms with Crippen LogP contribution in [0.15, 0.2) is 47.4 Å². The van der Waals surface area contributed by atoms with Gasteiger partial charge in [0.1, 0.15) is 5.56 Å². The molecule has 1 amide bonds. The number of halogens is 1. The molecule has 0 spiro atoms. The van der Waals surface area contributed by atoms with Crippen LogP contribution in [0, 0.1) is 0 Å². The van der Waals surface area contributed by atoms with E-state index in [9.17, 15) is 14.4 Å². The number of esters is 1. The van der Waals surface area contributed by atoms with Gasteiger partial charge in [0.25, 0.3) is 11.5 Å². The maximum Gasteiger partial charge on any atom is 0.344 e. The third-order valence-corrected chi connectivity index (χ3v) is 3.27. The minimum atomic E-state index is -0.834. The highest BCUT2D eigenvalue weighted by Crippen LogP contribution is 2.09. The molecule has 1 aromatic carbocycles. The van der Waals surface area contributed by atoms with Gasteiger partial charge in [0.05, 0.1) is 0 Å².